The van der Waals surface area contributed by atoms with Gasteiger partial charge in [-0.2, -0.15) is 0 Å². The van der Waals surface area contributed by atoms with Crippen LogP contribution in [0.2, 0.25) is 0 Å². The summed E-state index contributed by atoms with van der Waals surface area (Å²) in [5.74, 6) is -0.490. The Bertz CT molecular complexity index is 1810. The van der Waals surface area contributed by atoms with Gasteiger partial charge in [0.2, 0.25) is 0 Å². The second kappa shape index (κ2) is 16.8. The zero-order chi connectivity index (χ0) is 35.9. The van der Waals surface area contributed by atoms with E-state index in [0.717, 1.165) is 11.1 Å². The highest BCUT2D eigenvalue weighted by atomic mass is 16.5. The highest BCUT2D eigenvalue weighted by molar-refractivity contribution is 6.29. The van der Waals surface area contributed by atoms with E-state index < -0.39 is 0 Å². The van der Waals surface area contributed by atoms with Gasteiger partial charge in [0.05, 0.1) is 52.9 Å². The molecule has 0 amide bonds. The lowest BCUT2D eigenvalue weighted by atomic mass is 9.83. The number of fused-ring (bicyclic) bond motifs is 4. The summed E-state index contributed by atoms with van der Waals surface area (Å²) in [4.78, 5) is 57.1. The second-order valence-electron chi connectivity index (χ2n) is 13.2. The molecule has 2 aliphatic carbocycles. The lowest BCUT2D eigenvalue weighted by Gasteiger charge is -2.25. The quantitative estimate of drug-likeness (QED) is 0.258. The summed E-state index contributed by atoms with van der Waals surface area (Å²) in [5.41, 5.74) is 5.48. The monoisotopic (exact) mass is 702 g/mol. The van der Waals surface area contributed by atoms with Crippen molar-refractivity contribution in [1.29, 1.82) is 0 Å². The average molecular weight is 703 g/mol. The number of carbonyl (C=O) groups is 4. The number of ketones is 4. The van der Waals surface area contributed by atoms with Crippen molar-refractivity contribution in [1.82, 2.24) is 9.80 Å². The van der Waals surface area contributed by atoms with Crippen LogP contribution in [0.15, 0.2) is 84.9 Å². The first-order valence-corrected chi connectivity index (χ1v) is 17.9. The van der Waals surface area contributed by atoms with Gasteiger partial charge >= 0.3 is 0 Å². The first kappa shape index (κ1) is 35.7. The van der Waals surface area contributed by atoms with Gasteiger partial charge in [0, 0.05) is 83.8 Å². The molecular formula is C42H42N2O8. The van der Waals surface area contributed by atoms with Gasteiger partial charge in [0.1, 0.15) is 0 Å². The Balaban J connectivity index is 0.922. The third-order valence-electron chi connectivity index (χ3n) is 9.74. The number of rotatable bonds is 4. The third-order valence-corrected chi connectivity index (χ3v) is 9.74. The van der Waals surface area contributed by atoms with E-state index in [-0.39, 0.29) is 23.1 Å². The fourth-order valence-corrected chi connectivity index (χ4v) is 6.96. The Labute approximate surface area is 303 Å². The highest BCUT2D eigenvalue weighted by Crippen LogP contribution is 2.29. The summed E-state index contributed by atoms with van der Waals surface area (Å²) < 4.78 is 23.7. The molecule has 0 bridgehead atoms. The Morgan fingerprint density at radius 2 is 0.654 bits per heavy atom. The number of carbonyl (C=O) groups excluding carboxylic acids is 4. The molecule has 4 aromatic carbocycles. The second-order valence-corrected chi connectivity index (χ2v) is 13.2. The molecule has 0 aromatic heterocycles. The Hall–Kier alpha value is -4.68. The summed E-state index contributed by atoms with van der Waals surface area (Å²) in [6.07, 6.45) is 0. The van der Waals surface area contributed by atoms with Crippen LogP contribution in [-0.2, 0) is 32.0 Å². The summed E-state index contributed by atoms with van der Waals surface area (Å²) in [7, 11) is 0. The van der Waals surface area contributed by atoms with E-state index in [0.29, 0.717) is 137 Å². The first-order valence-electron chi connectivity index (χ1n) is 17.9. The molecule has 3 aliphatic rings. The van der Waals surface area contributed by atoms with E-state index in [2.05, 4.69) is 9.80 Å². The summed E-state index contributed by atoms with van der Waals surface area (Å²) in [6.45, 7) is 7.56. The lowest BCUT2D eigenvalue weighted by Crippen LogP contribution is -2.33. The maximum absolute atomic E-state index is 13.3. The van der Waals surface area contributed by atoms with Crippen molar-refractivity contribution in [2.24, 2.45) is 0 Å². The average Bonchev–Trinajstić information content (AvgIpc) is 3.17. The van der Waals surface area contributed by atoms with E-state index >= 15 is 0 Å². The molecule has 0 unspecified atom stereocenters. The van der Waals surface area contributed by atoms with Crippen molar-refractivity contribution in [3.63, 3.8) is 0 Å². The number of ether oxygens (including phenoxy) is 4. The van der Waals surface area contributed by atoms with Crippen molar-refractivity contribution in [3.05, 3.63) is 141 Å². The Morgan fingerprint density at radius 3 is 0.981 bits per heavy atom. The fraction of sp³-hybridized carbons (Fsp3) is 0.333. The maximum atomic E-state index is 13.3. The van der Waals surface area contributed by atoms with Gasteiger partial charge in [-0.15, -0.1) is 0 Å². The molecule has 0 spiro atoms. The molecule has 10 heteroatoms. The molecule has 268 valence electrons. The molecule has 0 radical (unpaired) electrons. The normalized spacial score (nSPS) is 18.5. The SMILES string of the molecule is O=C1c2ccccc2C(=O)c2cc(CN3CCOCCOCCN(Cc4ccc5c(c4)C(=O)c4ccccc4C5=O)CCOCCOCC3)ccc21. The van der Waals surface area contributed by atoms with Gasteiger partial charge in [-0.1, -0.05) is 60.7 Å². The van der Waals surface area contributed by atoms with Crippen molar-refractivity contribution in [2.75, 3.05) is 79.0 Å². The van der Waals surface area contributed by atoms with Gasteiger partial charge in [-0.3, -0.25) is 29.0 Å². The zero-order valence-electron chi connectivity index (χ0n) is 29.1. The third kappa shape index (κ3) is 8.03. The Morgan fingerprint density at radius 1 is 0.365 bits per heavy atom. The van der Waals surface area contributed by atoms with Crippen molar-refractivity contribution < 1.29 is 38.1 Å². The minimum Gasteiger partial charge on any atom is -0.378 e. The standard InChI is InChI=1S/C42H42N2O8/c45-39-31-5-1-3-7-33(31)41(47)37-25-29(9-11-35(37)39)27-43-13-17-49-21-23-51-19-15-44(16-20-52-24-22-50-18-14-43)28-30-10-12-36-38(26-30)42(48)34-8-4-2-6-32(34)40(36)46/h1-12,25-26H,13-24,27-28H2. The van der Waals surface area contributed by atoms with Crippen LogP contribution in [0.3, 0.4) is 0 Å². The Kier molecular flexibility index (Phi) is 11.5. The molecule has 10 nitrogen and oxygen atoms in total. The predicted molar refractivity (Wildman–Crippen MR) is 193 cm³/mol. The topological polar surface area (TPSA) is 112 Å². The fourth-order valence-electron chi connectivity index (χ4n) is 6.96. The first-order chi connectivity index (χ1) is 25.5. The molecule has 0 saturated carbocycles. The van der Waals surface area contributed by atoms with E-state index in [4.69, 9.17) is 18.9 Å². The minimum absolute atomic E-state index is 0.121. The van der Waals surface area contributed by atoms with Crippen LogP contribution in [0.4, 0.5) is 0 Å². The van der Waals surface area contributed by atoms with E-state index in [1.54, 1.807) is 60.7 Å². The summed E-state index contributed by atoms with van der Waals surface area (Å²) in [5, 5.41) is 0. The molecule has 0 atom stereocenters. The lowest BCUT2D eigenvalue weighted by molar-refractivity contribution is 0.00624. The van der Waals surface area contributed by atoms with E-state index in [1.165, 1.54) is 0 Å². The largest absolute Gasteiger partial charge is 0.378 e. The van der Waals surface area contributed by atoms with Crippen molar-refractivity contribution >= 4 is 23.1 Å². The maximum Gasteiger partial charge on any atom is 0.194 e. The molecule has 52 heavy (non-hydrogen) atoms. The summed E-state index contributed by atoms with van der Waals surface area (Å²) in [6, 6.07) is 25.0. The molecule has 0 N–H and O–H groups in total. The van der Waals surface area contributed by atoms with Crippen LogP contribution in [0.25, 0.3) is 0 Å². The van der Waals surface area contributed by atoms with Crippen molar-refractivity contribution in [2.45, 2.75) is 13.1 Å². The van der Waals surface area contributed by atoms with Crippen LogP contribution in [0, 0.1) is 0 Å². The van der Waals surface area contributed by atoms with Crippen LogP contribution in [0.5, 0.6) is 0 Å². The smallest absolute Gasteiger partial charge is 0.194 e. The highest BCUT2D eigenvalue weighted by Gasteiger charge is 2.31. The number of benzene rings is 4. The number of hydrogen-bond donors (Lipinski definition) is 0. The molecule has 7 rings (SSSR count). The van der Waals surface area contributed by atoms with Gasteiger partial charge in [0.25, 0.3) is 0 Å². The molecular weight excluding hydrogens is 660 g/mol. The molecule has 1 aliphatic heterocycles. The minimum atomic E-state index is -0.124. The molecule has 1 fully saturated rings. The van der Waals surface area contributed by atoms with Crippen LogP contribution in [0.1, 0.15) is 74.8 Å². The van der Waals surface area contributed by atoms with Crippen LogP contribution in [-0.4, -0.2) is 112 Å². The number of hydrogen-bond acceptors (Lipinski definition) is 10. The van der Waals surface area contributed by atoms with Crippen LogP contribution < -0.4 is 0 Å². The van der Waals surface area contributed by atoms with Gasteiger partial charge in [-0.05, 0) is 35.4 Å². The molecule has 1 heterocycles. The van der Waals surface area contributed by atoms with Gasteiger partial charge in [0.15, 0.2) is 23.1 Å². The molecule has 1 saturated heterocycles. The number of nitrogens with zero attached hydrogens (tertiary/aromatic N) is 2. The predicted octanol–water partition coefficient (Wildman–Crippen LogP) is 4.62. The van der Waals surface area contributed by atoms with Gasteiger partial charge < -0.3 is 18.9 Å². The van der Waals surface area contributed by atoms with E-state index in [9.17, 15) is 19.2 Å². The van der Waals surface area contributed by atoms with E-state index in [1.807, 2.05) is 24.3 Å². The van der Waals surface area contributed by atoms with Crippen LogP contribution >= 0.6 is 0 Å². The van der Waals surface area contributed by atoms with Crippen molar-refractivity contribution in [3.8, 4) is 0 Å². The molecule has 4 aromatic rings. The zero-order valence-corrected chi connectivity index (χ0v) is 29.1. The van der Waals surface area contributed by atoms with Gasteiger partial charge in [-0.25, -0.2) is 0 Å². The summed E-state index contributed by atoms with van der Waals surface area (Å²) >= 11 is 0.